The second-order valence-corrected chi connectivity index (χ2v) is 5.42. The molecule has 9 heteroatoms. The molecule has 0 amide bonds. The highest BCUT2D eigenvalue weighted by atomic mass is 79.9. The number of ether oxygens (including phenoxy) is 1. The number of carbonyl (C=O) groups excluding carboxylic acids is 1. The maximum Gasteiger partial charge on any atom is 0.253 e. The maximum atomic E-state index is 11.2. The van der Waals surface area contributed by atoms with Crippen molar-refractivity contribution >= 4 is 48.7 Å². The first-order valence-electron chi connectivity index (χ1n) is 5.11. The molecule has 0 unspecified atom stereocenters. The molecule has 0 saturated carbocycles. The topological polar surface area (TPSA) is 69.9 Å². The van der Waals surface area contributed by atoms with Crippen molar-refractivity contribution < 1.29 is 9.53 Å². The summed E-state index contributed by atoms with van der Waals surface area (Å²) < 4.78 is 8.38. The lowest BCUT2D eigenvalue weighted by atomic mass is 10.2. The number of tetrazole rings is 1. The van der Waals surface area contributed by atoms with Crippen LogP contribution in [0.25, 0.3) is 0 Å². The van der Waals surface area contributed by atoms with E-state index in [2.05, 4.69) is 47.4 Å². The van der Waals surface area contributed by atoms with Crippen LogP contribution < -0.4 is 4.74 Å². The second kappa shape index (κ2) is 6.44. The van der Waals surface area contributed by atoms with Crippen LogP contribution in [0.4, 0.5) is 0 Å². The third-order valence-corrected chi connectivity index (χ3v) is 3.83. The van der Waals surface area contributed by atoms with Gasteiger partial charge in [0.1, 0.15) is 18.7 Å². The van der Waals surface area contributed by atoms with Gasteiger partial charge in [0.05, 0.1) is 21.1 Å². The largest absolute Gasteiger partial charge is 0.489 e. The van der Waals surface area contributed by atoms with E-state index in [1.807, 2.05) is 0 Å². The number of nitrogens with zero attached hydrogens (tertiary/aromatic N) is 4. The Kier molecular flexibility index (Phi) is 4.89. The third kappa shape index (κ3) is 3.52. The lowest BCUT2D eigenvalue weighted by Gasteiger charge is -2.11. The van der Waals surface area contributed by atoms with E-state index >= 15 is 0 Å². The average Bonchev–Trinajstić information content (AvgIpc) is 2.86. The summed E-state index contributed by atoms with van der Waals surface area (Å²) >= 11 is 12.1. The Morgan fingerprint density at radius 1 is 1.42 bits per heavy atom. The molecule has 0 spiro atoms. The zero-order valence-electron chi connectivity index (χ0n) is 9.39. The summed E-state index contributed by atoms with van der Waals surface area (Å²) in [6.45, 7) is 0.840. The third-order valence-electron chi connectivity index (χ3n) is 2.22. The molecule has 2 rings (SSSR count). The van der Waals surface area contributed by atoms with Crippen LogP contribution >= 0.6 is 43.5 Å². The molecular weight excluding hydrogens is 403 g/mol. The second-order valence-electron chi connectivity index (χ2n) is 3.43. The summed E-state index contributed by atoms with van der Waals surface area (Å²) in [5, 5.41) is 10.2. The number of rotatable bonds is 5. The van der Waals surface area contributed by atoms with Crippen molar-refractivity contribution in [3.8, 4) is 5.75 Å². The Morgan fingerprint density at radius 2 is 2.21 bits per heavy atom. The summed E-state index contributed by atoms with van der Waals surface area (Å²) in [5.74, 6) is 0.513. The van der Waals surface area contributed by atoms with Crippen molar-refractivity contribution in [2.24, 2.45) is 0 Å². The molecule has 1 heterocycles. The van der Waals surface area contributed by atoms with Crippen LogP contribution in [0.2, 0.25) is 0 Å². The van der Waals surface area contributed by atoms with Crippen molar-refractivity contribution in [2.45, 2.75) is 6.54 Å². The molecule has 0 fully saturated rings. The van der Waals surface area contributed by atoms with Gasteiger partial charge in [0.25, 0.3) is 5.24 Å². The molecule has 1 aromatic carbocycles. The first-order chi connectivity index (χ1) is 9.09. The van der Waals surface area contributed by atoms with Gasteiger partial charge in [0.15, 0.2) is 0 Å². The Hall–Kier alpha value is -0.990. The van der Waals surface area contributed by atoms with Crippen molar-refractivity contribution in [1.82, 2.24) is 20.2 Å². The molecule has 19 heavy (non-hydrogen) atoms. The van der Waals surface area contributed by atoms with Gasteiger partial charge < -0.3 is 4.74 Å². The SMILES string of the molecule is O=C(Cl)c1ccc(Br)c(OCCn2cnnn2)c1Br. The summed E-state index contributed by atoms with van der Waals surface area (Å²) in [6, 6.07) is 3.31. The molecule has 1 aromatic heterocycles. The van der Waals surface area contributed by atoms with Gasteiger partial charge in [-0.1, -0.05) is 0 Å². The molecule has 0 N–H and O–H groups in total. The summed E-state index contributed by atoms with van der Waals surface area (Å²) in [7, 11) is 0. The molecule has 0 aliphatic carbocycles. The highest BCUT2D eigenvalue weighted by molar-refractivity contribution is 9.11. The molecule has 0 radical (unpaired) electrons. The Morgan fingerprint density at radius 3 is 2.84 bits per heavy atom. The summed E-state index contributed by atoms with van der Waals surface area (Å²) in [5.41, 5.74) is 0.349. The van der Waals surface area contributed by atoms with Gasteiger partial charge in [0, 0.05) is 0 Å². The number of hydrogen-bond acceptors (Lipinski definition) is 5. The van der Waals surface area contributed by atoms with Crippen LogP contribution in [0.5, 0.6) is 5.75 Å². The number of benzene rings is 1. The van der Waals surface area contributed by atoms with Crippen LogP contribution in [-0.2, 0) is 6.54 Å². The number of hydrogen-bond donors (Lipinski definition) is 0. The Bertz CT molecular complexity index is 591. The van der Waals surface area contributed by atoms with Gasteiger partial charge in [-0.2, -0.15) is 0 Å². The fourth-order valence-corrected chi connectivity index (χ4v) is 2.96. The molecule has 0 atom stereocenters. The normalized spacial score (nSPS) is 10.5. The van der Waals surface area contributed by atoms with Crippen LogP contribution in [0.1, 0.15) is 10.4 Å². The zero-order chi connectivity index (χ0) is 13.8. The molecule has 0 aliphatic heterocycles. The molecule has 6 nitrogen and oxygen atoms in total. The van der Waals surface area contributed by atoms with Gasteiger partial charge in [0.2, 0.25) is 0 Å². The van der Waals surface area contributed by atoms with E-state index in [0.717, 1.165) is 4.47 Å². The van der Waals surface area contributed by atoms with E-state index in [9.17, 15) is 4.79 Å². The summed E-state index contributed by atoms with van der Waals surface area (Å²) in [6.07, 6.45) is 1.49. The molecule has 100 valence electrons. The maximum absolute atomic E-state index is 11.2. The molecule has 0 aliphatic rings. The fraction of sp³-hybridized carbons (Fsp3) is 0.200. The average molecular weight is 410 g/mol. The molecule has 0 saturated heterocycles. The van der Waals surface area contributed by atoms with E-state index in [0.29, 0.717) is 28.9 Å². The first-order valence-corrected chi connectivity index (χ1v) is 7.07. The number of carbonyl (C=O) groups is 1. The van der Waals surface area contributed by atoms with Crippen LogP contribution in [0.3, 0.4) is 0 Å². The smallest absolute Gasteiger partial charge is 0.253 e. The summed E-state index contributed by atoms with van der Waals surface area (Å²) in [4.78, 5) is 11.2. The van der Waals surface area contributed by atoms with E-state index in [4.69, 9.17) is 16.3 Å². The van der Waals surface area contributed by atoms with E-state index in [1.54, 1.807) is 16.8 Å². The van der Waals surface area contributed by atoms with Crippen molar-refractivity contribution in [3.63, 3.8) is 0 Å². The van der Waals surface area contributed by atoms with E-state index < -0.39 is 5.24 Å². The minimum atomic E-state index is -0.551. The monoisotopic (exact) mass is 408 g/mol. The van der Waals surface area contributed by atoms with Crippen LogP contribution in [0, 0.1) is 0 Å². The molecular formula is C10H7Br2ClN4O2. The minimum absolute atomic E-state index is 0.349. The van der Waals surface area contributed by atoms with Gasteiger partial charge in [-0.15, -0.1) is 5.10 Å². The van der Waals surface area contributed by atoms with Gasteiger partial charge in [-0.25, -0.2) is 4.68 Å². The van der Waals surface area contributed by atoms with Gasteiger partial charge in [-0.05, 0) is 66.0 Å². The first kappa shape index (κ1) is 14.4. The predicted octanol–water partition coefficient (Wildman–Crippen LogP) is 2.66. The number of aromatic nitrogens is 4. The van der Waals surface area contributed by atoms with Crippen LogP contribution in [-0.4, -0.2) is 32.1 Å². The van der Waals surface area contributed by atoms with E-state index in [-0.39, 0.29) is 0 Å². The lowest BCUT2D eigenvalue weighted by molar-refractivity contribution is 0.108. The highest BCUT2D eigenvalue weighted by Gasteiger charge is 2.15. The fourth-order valence-electron chi connectivity index (χ4n) is 1.34. The van der Waals surface area contributed by atoms with Crippen molar-refractivity contribution in [1.29, 1.82) is 0 Å². The highest BCUT2D eigenvalue weighted by Crippen LogP contribution is 2.36. The van der Waals surface area contributed by atoms with Gasteiger partial charge in [-0.3, -0.25) is 4.79 Å². The Labute approximate surface area is 130 Å². The quantitative estimate of drug-likeness (QED) is 0.709. The Balaban J connectivity index is 2.11. The standard InChI is InChI=1S/C10H7Br2ClN4O2/c11-7-2-1-6(10(13)18)8(12)9(7)19-4-3-17-5-14-15-16-17/h1-2,5H,3-4H2. The predicted molar refractivity (Wildman–Crippen MR) is 75.3 cm³/mol. The van der Waals surface area contributed by atoms with Crippen LogP contribution in [0.15, 0.2) is 27.4 Å². The van der Waals surface area contributed by atoms with Gasteiger partial charge >= 0.3 is 0 Å². The minimum Gasteiger partial charge on any atom is -0.489 e. The zero-order valence-corrected chi connectivity index (χ0v) is 13.3. The van der Waals surface area contributed by atoms with Crippen molar-refractivity contribution in [3.05, 3.63) is 33.0 Å². The molecule has 2 aromatic rings. The molecule has 0 bridgehead atoms. The van der Waals surface area contributed by atoms with Crippen molar-refractivity contribution in [2.75, 3.05) is 6.61 Å². The lowest BCUT2D eigenvalue weighted by Crippen LogP contribution is -2.10. The van der Waals surface area contributed by atoms with E-state index in [1.165, 1.54) is 6.33 Å². The number of halogens is 3.